The predicted octanol–water partition coefficient (Wildman–Crippen LogP) is 1.51. The molecule has 0 aliphatic rings. The average Bonchev–Trinajstić information content (AvgIpc) is 2.16. The molecule has 0 aromatic heterocycles. The van der Waals surface area contributed by atoms with Crippen molar-refractivity contribution in [3.05, 3.63) is 0 Å². The van der Waals surface area contributed by atoms with Gasteiger partial charge in [0.2, 0.25) is 0 Å². The highest BCUT2D eigenvalue weighted by Gasteiger charge is 2.29. The van der Waals surface area contributed by atoms with Crippen molar-refractivity contribution in [2.45, 2.75) is 25.6 Å². The molecule has 5 heteroatoms. The number of rotatable bonds is 5. The molecule has 0 heterocycles. The van der Waals surface area contributed by atoms with Crippen LogP contribution in [0.2, 0.25) is 0 Å². The van der Waals surface area contributed by atoms with Gasteiger partial charge in [-0.05, 0) is 13.8 Å². The molecule has 0 aromatic rings. The zero-order chi connectivity index (χ0) is 11.1. The molecule has 0 N–H and O–H groups in total. The molecule has 0 spiro atoms. The van der Waals surface area contributed by atoms with Crippen LogP contribution in [0.4, 0.5) is 0 Å². The van der Waals surface area contributed by atoms with Crippen LogP contribution >= 0.6 is 15.9 Å². The van der Waals surface area contributed by atoms with Gasteiger partial charge in [0, 0.05) is 0 Å². The van der Waals surface area contributed by atoms with Crippen LogP contribution in [0, 0.1) is 5.92 Å². The van der Waals surface area contributed by atoms with Gasteiger partial charge >= 0.3 is 11.9 Å². The Morgan fingerprint density at radius 1 is 1.14 bits per heavy atom. The first kappa shape index (κ1) is 13.4. The van der Waals surface area contributed by atoms with Crippen LogP contribution in [0.15, 0.2) is 0 Å². The van der Waals surface area contributed by atoms with Crippen molar-refractivity contribution >= 4 is 27.9 Å². The Bertz CT molecular complexity index is 183. The number of carbonyl (C=O) groups excluding carboxylic acids is 2. The lowest BCUT2D eigenvalue weighted by Crippen LogP contribution is -2.31. The van der Waals surface area contributed by atoms with Crippen LogP contribution in [0.1, 0.15) is 20.8 Å². The van der Waals surface area contributed by atoms with Crippen molar-refractivity contribution < 1.29 is 19.1 Å². The third-order valence-corrected chi connectivity index (χ3v) is 2.78. The van der Waals surface area contributed by atoms with Crippen LogP contribution in [-0.4, -0.2) is 30.0 Å². The number of esters is 2. The van der Waals surface area contributed by atoms with E-state index in [0.717, 1.165) is 0 Å². The second-order valence-corrected chi connectivity index (χ2v) is 3.68. The number of hydrogen-bond acceptors (Lipinski definition) is 4. The van der Waals surface area contributed by atoms with E-state index in [4.69, 9.17) is 9.47 Å². The van der Waals surface area contributed by atoms with Gasteiger partial charge in [0.25, 0.3) is 0 Å². The van der Waals surface area contributed by atoms with Crippen LogP contribution in [0.3, 0.4) is 0 Å². The number of halogens is 1. The van der Waals surface area contributed by atoms with E-state index < -0.39 is 22.7 Å². The summed E-state index contributed by atoms with van der Waals surface area (Å²) in [7, 11) is 0. The standard InChI is InChI=1S/C9H15BrO4/c1-4-13-8(11)6(3)7(10)9(12)14-5-2/h6-7H,4-5H2,1-3H3. The predicted molar refractivity (Wildman–Crippen MR) is 55.1 cm³/mol. The van der Waals surface area contributed by atoms with E-state index in [9.17, 15) is 9.59 Å². The summed E-state index contributed by atoms with van der Waals surface area (Å²) in [5.41, 5.74) is 0. The second-order valence-electron chi connectivity index (χ2n) is 2.69. The van der Waals surface area contributed by atoms with Gasteiger partial charge in [-0.2, -0.15) is 0 Å². The lowest BCUT2D eigenvalue weighted by atomic mass is 10.1. The highest BCUT2D eigenvalue weighted by Crippen LogP contribution is 2.16. The van der Waals surface area contributed by atoms with Gasteiger partial charge < -0.3 is 9.47 Å². The van der Waals surface area contributed by atoms with Crippen LogP contribution in [0.25, 0.3) is 0 Å². The largest absolute Gasteiger partial charge is 0.466 e. The minimum Gasteiger partial charge on any atom is -0.466 e. The normalized spacial score (nSPS) is 14.3. The minimum absolute atomic E-state index is 0.302. The maximum absolute atomic E-state index is 11.2. The summed E-state index contributed by atoms with van der Waals surface area (Å²) in [5.74, 6) is -1.37. The highest BCUT2D eigenvalue weighted by molar-refractivity contribution is 9.10. The third-order valence-electron chi connectivity index (χ3n) is 1.61. The minimum atomic E-state index is -0.638. The van der Waals surface area contributed by atoms with Crippen molar-refractivity contribution in [3.8, 4) is 0 Å². The van der Waals surface area contributed by atoms with Gasteiger partial charge in [0.05, 0.1) is 19.1 Å². The maximum atomic E-state index is 11.2. The number of hydrogen-bond donors (Lipinski definition) is 0. The first-order chi connectivity index (χ1) is 6.54. The average molecular weight is 267 g/mol. The summed E-state index contributed by atoms with van der Waals surface area (Å²) < 4.78 is 9.54. The summed E-state index contributed by atoms with van der Waals surface area (Å²) >= 11 is 3.10. The summed E-state index contributed by atoms with van der Waals surface area (Å²) in [4.78, 5) is 21.8. The van der Waals surface area contributed by atoms with E-state index in [0.29, 0.717) is 13.2 Å². The van der Waals surface area contributed by atoms with Crippen LogP contribution < -0.4 is 0 Å². The van der Waals surface area contributed by atoms with Crippen molar-refractivity contribution in [3.63, 3.8) is 0 Å². The molecular formula is C9H15BrO4. The molecule has 0 amide bonds. The van der Waals surface area contributed by atoms with Crippen LogP contribution in [0.5, 0.6) is 0 Å². The summed E-state index contributed by atoms with van der Waals surface area (Å²) in [6.07, 6.45) is 0. The molecule has 82 valence electrons. The number of alkyl halides is 1. The Morgan fingerprint density at radius 3 is 2.00 bits per heavy atom. The van der Waals surface area contributed by atoms with E-state index in [-0.39, 0.29) is 0 Å². The monoisotopic (exact) mass is 266 g/mol. The van der Waals surface area contributed by atoms with Gasteiger partial charge in [0.1, 0.15) is 4.83 Å². The molecule has 14 heavy (non-hydrogen) atoms. The molecule has 2 unspecified atom stereocenters. The fraction of sp³-hybridized carbons (Fsp3) is 0.778. The van der Waals surface area contributed by atoms with E-state index in [2.05, 4.69) is 15.9 Å². The molecule has 0 radical (unpaired) electrons. The maximum Gasteiger partial charge on any atom is 0.320 e. The Kier molecular flexibility index (Phi) is 6.53. The Labute approximate surface area is 92.1 Å². The van der Waals surface area contributed by atoms with Crippen molar-refractivity contribution in [1.29, 1.82) is 0 Å². The first-order valence-corrected chi connectivity index (χ1v) is 5.43. The first-order valence-electron chi connectivity index (χ1n) is 4.51. The summed E-state index contributed by atoms with van der Waals surface area (Å²) in [6, 6.07) is 0. The van der Waals surface area contributed by atoms with Gasteiger partial charge in [-0.15, -0.1) is 0 Å². The van der Waals surface area contributed by atoms with E-state index >= 15 is 0 Å². The fourth-order valence-corrected chi connectivity index (χ4v) is 1.17. The van der Waals surface area contributed by atoms with Gasteiger partial charge in [-0.1, -0.05) is 22.9 Å². The SMILES string of the molecule is CCOC(=O)C(C)C(Br)C(=O)OCC. The zero-order valence-electron chi connectivity index (χ0n) is 8.58. The van der Waals surface area contributed by atoms with E-state index in [1.54, 1.807) is 20.8 Å². The Balaban J connectivity index is 4.16. The fourth-order valence-electron chi connectivity index (χ4n) is 0.819. The molecular weight excluding hydrogens is 252 g/mol. The lowest BCUT2D eigenvalue weighted by molar-refractivity contribution is -0.153. The van der Waals surface area contributed by atoms with Gasteiger partial charge in [-0.25, -0.2) is 0 Å². The summed E-state index contributed by atoms with van der Waals surface area (Å²) in [6.45, 7) is 5.67. The molecule has 0 fully saturated rings. The van der Waals surface area contributed by atoms with Crippen molar-refractivity contribution in [2.24, 2.45) is 5.92 Å². The van der Waals surface area contributed by atoms with Gasteiger partial charge in [-0.3, -0.25) is 9.59 Å². The Morgan fingerprint density at radius 2 is 1.57 bits per heavy atom. The van der Waals surface area contributed by atoms with E-state index in [1.807, 2.05) is 0 Å². The van der Waals surface area contributed by atoms with Gasteiger partial charge in [0.15, 0.2) is 0 Å². The molecule has 2 atom stereocenters. The van der Waals surface area contributed by atoms with Crippen LogP contribution in [-0.2, 0) is 19.1 Å². The summed E-state index contributed by atoms with van der Waals surface area (Å²) in [5, 5.41) is 0. The van der Waals surface area contributed by atoms with Crippen molar-refractivity contribution in [2.75, 3.05) is 13.2 Å². The highest BCUT2D eigenvalue weighted by atomic mass is 79.9. The number of carbonyl (C=O) groups is 2. The lowest BCUT2D eigenvalue weighted by Gasteiger charge is -2.15. The smallest absolute Gasteiger partial charge is 0.320 e. The number of ether oxygens (including phenoxy) is 2. The topological polar surface area (TPSA) is 52.6 Å². The molecule has 0 aliphatic carbocycles. The molecule has 0 rings (SSSR count). The molecule has 0 bridgehead atoms. The molecule has 0 saturated heterocycles. The quantitative estimate of drug-likeness (QED) is 0.559. The molecule has 0 aromatic carbocycles. The zero-order valence-corrected chi connectivity index (χ0v) is 10.2. The molecule has 0 saturated carbocycles. The molecule has 4 nitrogen and oxygen atoms in total. The molecule has 0 aliphatic heterocycles. The Hall–Kier alpha value is -0.580. The van der Waals surface area contributed by atoms with E-state index in [1.165, 1.54) is 0 Å². The third kappa shape index (κ3) is 4.09. The second kappa shape index (κ2) is 6.81. The van der Waals surface area contributed by atoms with Crippen molar-refractivity contribution in [1.82, 2.24) is 0 Å².